The molecule has 5 nitrogen and oxygen atoms in total. The number of aromatic nitrogens is 2. The van der Waals surface area contributed by atoms with Gasteiger partial charge in [0.05, 0.1) is 28.6 Å². The van der Waals surface area contributed by atoms with Gasteiger partial charge >= 0.3 is 0 Å². The molecule has 34 heavy (non-hydrogen) atoms. The van der Waals surface area contributed by atoms with Crippen molar-refractivity contribution in [2.75, 3.05) is 5.32 Å². The van der Waals surface area contributed by atoms with Gasteiger partial charge in [-0.3, -0.25) is 9.48 Å². The summed E-state index contributed by atoms with van der Waals surface area (Å²) in [7, 11) is 0. The van der Waals surface area contributed by atoms with E-state index in [0.717, 1.165) is 22.5 Å². The lowest BCUT2D eigenvalue weighted by Gasteiger charge is -2.10. The van der Waals surface area contributed by atoms with Crippen molar-refractivity contribution in [1.29, 1.82) is 0 Å². The monoisotopic (exact) mass is 513 g/mol. The molecule has 1 heterocycles. The molecule has 0 spiro atoms. The molecule has 1 amide bonds. The number of nitrogens with one attached hydrogen (secondary N) is 1. The van der Waals surface area contributed by atoms with Crippen molar-refractivity contribution in [2.45, 2.75) is 27.0 Å². The molecule has 174 valence electrons. The van der Waals surface area contributed by atoms with Gasteiger partial charge in [-0.25, -0.2) is 0 Å². The highest BCUT2D eigenvalue weighted by Crippen LogP contribution is 2.28. The summed E-state index contributed by atoms with van der Waals surface area (Å²) in [5.74, 6) is 0.337. The van der Waals surface area contributed by atoms with Gasteiger partial charge in [-0.2, -0.15) is 5.10 Å². The van der Waals surface area contributed by atoms with Crippen molar-refractivity contribution < 1.29 is 9.53 Å². The highest BCUT2D eigenvalue weighted by atomic mass is 35.5. The lowest BCUT2D eigenvalue weighted by Crippen LogP contribution is -2.13. The van der Waals surface area contributed by atoms with Crippen LogP contribution in [0.1, 0.15) is 32.9 Å². The summed E-state index contributed by atoms with van der Waals surface area (Å²) in [5.41, 5.74) is 4.69. The summed E-state index contributed by atoms with van der Waals surface area (Å²) >= 11 is 18.3. The number of nitrogens with zero attached hydrogens (tertiary/aromatic N) is 2. The minimum absolute atomic E-state index is 0.211. The Labute approximate surface area is 213 Å². The van der Waals surface area contributed by atoms with E-state index in [2.05, 4.69) is 10.4 Å². The number of benzene rings is 3. The maximum atomic E-state index is 12.9. The second-order valence-electron chi connectivity index (χ2n) is 7.81. The molecule has 0 saturated carbocycles. The minimum Gasteiger partial charge on any atom is -0.487 e. The number of hydrogen-bond acceptors (Lipinski definition) is 3. The molecule has 1 N–H and O–H groups in total. The Hall–Kier alpha value is -2.99. The lowest BCUT2D eigenvalue weighted by atomic mass is 10.1. The number of carbonyl (C=O) groups excluding carboxylic acids is 1. The molecule has 1 aromatic heterocycles. The minimum atomic E-state index is -0.211. The standard InChI is InChI=1S/C26H22Cl3N3O2/c1-16-25(17(2)32(31-16)14-20-5-3-4-6-22(20)28)30-26(33)19-9-7-18(8-10-19)15-34-24-12-11-21(27)13-23(24)29/h3-13H,14-15H2,1-2H3,(H,30,33). The Morgan fingerprint density at radius 3 is 2.41 bits per heavy atom. The maximum Gasteiger partial charge on any atom is 0.255 e. The zero-order valence-electron chi connectivity index (χ0n) is 18.6. The van der Waals surface area contributed by atoms with Gasteiger partial charge in [0.25, 0.3) is 5.91 Å². The van der Waals surface area contributed by atoms with Gasteiger partial charge in [-0.15, -0.1) is 0 Å². The van der Waals surface area contributed by atoms with Crippen molar-refractivity contribution >= 4 is 46.4 Å². The second kappa shape index (κ2) is 10.5. The summed E-state index contributed by atoms with van der Waals surface area (Å²) in [6.07, 6.45) is 0. The van der Waals surface area contributed by atoms with Gasteiger partial charge in [0, 0.05) is 15.6 Å². The number of halogens is 3. The van der Waals surface area contributed by atoms with Crippen LogP contribution in [0.2, 0.25) is 15.1 Å². The lowest BCUT2D eigenvalue weighted by molar-refractivity contribution is 0.102. The molecule has 0 fully saturated rings. The van der Waals surface area contributed by atoms with Crippen molar-refractivity contribution in [2.24, 2.45) is 0 Å². The maximum absolute atomic E-state index is 12.9. The largest absolute Gasteiger partial charge is 0.487 e. The molecular formula is C26H22Cl3N3O2. The Morgan fingerprint density at radius 1 is 0.971 bits per heavy atom. The van der Waals surface area contributed by atoms with Crippen LogP contribution in [0, 0.1) is 13.8 Å². The summed E-state index contributed by atoms with van der Waals surface area (Å²) in [4.78, 5) is 12.9. The molecule has 4 rings (SSSR count). The van der Waals surface area contributed by atoms with E-state index in [1.807, 2.05) is 54.9 Å². The topological polar surface area (TPSA) is 56.2 Å². The van der Waals surface area contributed by atoms with E-state index >= 15 is 0 Å². The molecule has 0 aliphatic heterocycles. The van der Waals surface area contributed by atoms with E-state index in [0.29, 0.717) is 45.2 Å². The van der Waals surface area contributed by atoms with Crippen molar-refractivity contribution in [3.63, 3.8) is 0 Å². The van der Waals surface area contributed by atoms with Gasteiger partial charge in [-0.1, -0.05) is 65.1 Å². The smallest absolute Gasteiger partial charge is 0.255 e. The fourth-order valence-electron chi connectivity index (χ4n) is 3.51. The number of hydrogen-bond donors (Lipinski definition) is 1. The summed E-state index contributed by atoms with van der Waals surface area (Å²) < 4.78 is 7.60. The van der Waals surface area contributed by atoms with E-state index < -0.39 is 0 Å². The fourth-order valence-corrected chi connectivity index (χ4v) is 4.17. The molecule has 0 unspecified atom stereocenters. The average Bonchev–Trinajstić information content (AvgIpc) is 3.07. The molecule has 0 saturated heterocycles. The van der Waals surface area contributed by atoms with Gasteiger partial charge in [0.2, 0.25) is 0 Å². The quantitative estimate of drug-likeness (QED) is 0.281. The van der Waals surface area contributed by atoms with Gasteiger partial charge < -0.3 is 10.1 Å². The SMILES string of the molecule is Cc1nn(Cc2ccccc2Cl)c(C)c1NC(=O)c1ccc(COc2ccc(Cl)cc2Cl)cc1. The second-order valence-corrected chi connectivity index (χ2v) is 9.06. The van der Waals surface area contributed by atoms with Crippen molar-refractivity contribution in [3.05, 3.63) is 110 Å². The first-order chi connectivity index (χ1) is 16.3. The zero-order valence-corrected chi connectivity index (χ0v) is 20.9. The van der Waals surface area contributed by atoms with Crippen LogP contribution in [-0.2, 0) is 13.2 Å². The normalized spacial score (nSPS) is 10.9. The number of ether oxygens (including phenoxy) is 1. The molecule has 0 aliphatic rings. The molecule has 0 bridgehead atoms. The fraction of sp³-hybridized carbons (Fsp3) is 0.154. The predicted octanol–water partition coefficient (Wildman–Crippen LogP) is 7.34. The molecule has 3 aromatic carbocycles. The van der Waals surface area contributed by atoms with Crippen LogP contribution in [0.3, 0.4) is 0 Å². The number of rotatable bonds is 7. The van der Waals surface area contributed by atoms with Gasteiger partial charge in [-0.05, 0) is 61.4 Å². The van der Waals surface area contributed by atoms with E-state index in [4.69, 9.17) is 39.5 Å². The van der Waals surface area contributed by atoms with E-state index in [1.165, 1.54) is 0 Å². The van der Waals surface area contributed by atoms with Crippen LogP contribution in [0.4, 0.5) is 5.69 Å². The van der Waals surface area contributed by atoms with Crippen LogP contribution in [-0.4, -0.2) is 15.7 Å². The van der Waals surface area contributed by atoms with Crippen molar-refractivity contribution in [3.8, 4) is 5.75 Å². The number of carbonyl (C=O) groups is 1. The predicted molar refractivity (Wildman–Crippen MR) is 137 cm³/mol. The van der Waals surface area contributed by atoms with Crippen LogP contribution in [0.25, 0.3) is 0 Å². The Morgan fingerprint density at radius 2 is 1.71 bits per heavy atom. The first-order valence-electron chi connectivity index (χ1n) is 10.6. The van der Waals surface area contributed by atoms with Crippen LogP contribution < -0.4 is 10.1 Å². The molecule has 0 aliphatic carbocycles. The van der Waals surface area contributed by atoms with Gasteiger partial charge in [0.15, 0.2) is 0 Å². The molecular weight excluding hydrogens is 493 g/mol. The van der Waals surface area contributed by atoms with Crippen LogP contribution >= 0.6 is 34.8 Å². The van der Waals surface area contributed by atoms with Crippen molar-refractivity contribution in [1.82, 2.24) is 9.78 Å². The van der Waals surface area contributed by atoms with Crippen LogP contribution in [0.5, 0.6) is 5.75 Å². The highest BCUT2D eigenvalue weighted by molar-refractivity contribution is 6.35. The Bertz CT molecular complexity index is 1330. The number of amides is 1. The van der Waals surface area contributed by atoms with Gasteiger partial charge in [0.1, 0.15) is 12.4 Å². The molecule has 0 atom stereocenters. The summed E-state index contributed by atoms with van der Waals surface area (Å²) in [5, 5.41) is 9.25. The first kappa shape index (κ1) is 24.1. The van der Waals surface area contributed by atoms with E-state index in [9.17, 15) is 4.79 Å². The third-order valence-corrected chi connectivity index (χ3v) is 6.30. The van der Waals surface area contributed by atoms with Crippen LogP contribution in [0.15, 0.2) is 66.7 Å². The number of anilines is 1. The Kier molecular flexibility index (Phi) is 7.47. The number of aryl methyl sites for hydroxylation is 1. The first-order valence-corrected chi connectivity index (χ1v) is 11.7. The molecule has 0 radical (unpaired) electrons. The summed E-state index contributed by atoms with van der Waals surface area (Å²) in [6, 6.07) is 19.9. The highest BCUT2D eigenvalue weighted by Gasteiger charge is 2.16. The zero-order chi connectivity index (χ0) is 24.2. The third kappa shape index (κ3) is 5.55. The average molecular weight is 515 g/mol. The Balaban J connectivity index is 1.42. The van der Waals surface area contributed by atoms with E-state index in [1.54, 1.807) is 30.3 Å². The summed E-state index contributed by atoms with van der Waals surface area (Å²) in [6.45, 7) is 4.63. The van der Waals surface area contributed by atoms with E-state index in [-0.39, 0.29) is 5.91 Å². The molecule has 4 aromatic rings. The third-order valence-electron chi connectivity index (χ3n) is 5.40. The molecule has 8 heteroatoms.